The zero-order valence-corrected chi connectivity index (χ0v) is 17.2. The molecular formula is C22H16Cl3N3. The van der Waals surface area contributed by atoms with Crippen LogP contribution in [0.2, 0.25) is 15.1 Å². The number of fused-ring (bicyclic) bond motifs is 1. The quantitative estimate of drug-likeness (QED) is 0.269. The maximum absolute atomic E-state index is 6.23. The Kier molecular flexibility index (Phi) is 5.31. The van der Waals surface area contributed by atoms with Crippen LogP contribution in [0.3, 0.4) is 0 Å². The molecule has 0 unspecified atom stereocenters. The van der Waals surface area contributed by atoms with Crippen LogP contribution in [0.25, 0.3) is 22.2 Å². The van der Waals surface area contributed by atoms with Gasteiger partial charge >= 0.3 is 0 Å². The lowest BCUT2D eigenvalue weighted by atomic mass is 10.1. The van der Waals surface area contributed by atoms with Gasteiger partial charge in [0, 0.05) is 28.5 Å². The Labute approximate surface area is 178 Å². The van der Waals surface area contributed by atoms with Crippen LogP contribution in [-0.2, 0) is 7.05 Å². The van der Waals surface area contributed by atoms with Gasteiger partial charge in [-0.25, -0.2) is 0 Å². The fraction of sp³-hybridized carbons (Fsp3) is 0.0455. The summed E-state index contributed by atoms with van der Waals surface area (Å²) in [5, 5.41) is 6.83. The van der Waals surface area contributed by atoms with E-state index in [1.54, 1.807) is 18.3 Å². The molecule has 0 aliphatic heterocycles. The van der Waals surface area contributed by atoms with Crippen molar-refractivity contribution in [1.29, 1.82) is 0 Å². The molecule has 0 bridgehead atoms. The number of hydrogen-bond donors (Lipinski definition) is 1. The third kappa shape index (κ3) is 3.49. The first kappa shape index (κ1) is 18.9. The average Bonchev–Trinajstić information content (AvgIpc) is 2.97. The Bertz CT molecular complexity index is 1160. The van der Waals surface area contributed by atoms with Crippen LogP contribution in [-0.4, -0.2) is 10.8 Å². The predicted molar refractivity (Wildman–Crippen MR) is 121 cm³/mol. The summed E-state index contributed by atoms with van der Waals surface area (Å²) < 4.78 is 2.17. The molecule has 0 saturated carbocycles. The van der Waals surface area contributed by atoms with E-state index >= 15 is 0 Å². The number of benzene rings is 3. The molecule has 0 aliphatic carbocycles. The van der Waals surface area contributed by atoms with Crippen LogP contribution in [0.4, 0.5) is 5.69 Å². The van der Waals surface area contributed by atoms with Gasteiger partial charge in [0.25, 0.3) is 0 Å². The van der Waals surface area contributed by atoms with Crippen molar-refractivity contribution in [3.8, 4) is 11.3 Å². The van der Waals surface area contributed by atoms with Crippen molar-refractivity contribution in [3.63, 3.8) is 0 Å². The first-order chi connectivity index (χ1) is 13.6. The lowest BCUT2D eigenvalue weighted by Gasteiger charge is -2.08. The van der Waals surface area contributed by atoms with Crippen LogP contribution < -0.4 is 5.43 Å². The van der Waals surface area contributed by atoms with E-state index in [2.05, 4.69) is 46.4 Å². The maximum atomic E-state index is 6.23. The van der Waals surface area contributed by atoms with E-state index in [4.69, 9.17) is 34.8 Å². The number of rotatable bonds is 4. The van der Waals surface area contributed by atoms with Gasteiger partial charge in [-0.15, -0.1) is 0 Å². The number of hydrazone groups is 1. The van der Waals surface area contributed by atoms with Crippen LogP contribution in [0.5, 0.6) is 0 Å². The Hall–Kier alpha value is -2.46. The summed E-state index contributed by atoms with van der Waals surface area (Å²) in [6, 6.07) is 21.7. The topological polar surface area (TPSA) is 29.3 Å². The molecule has 0 atom stereocenters. The summed E-state index contributed by atoms with van der Waals surface area (Å²) in [5.74, 6) is 0. The van der Waals surface area contributed by atoms with Crippen molar-refractivity contribution in [1.82, 2.24) is 4.57 Å². The number of aromatic nitrogens is 1. The summed E-state index contributed by atoms with van der Waals surface area (Å²) in [5.41, 5.74) is 7.81. The van der Waals surface area contributed by atoms with Crippen LogP contribution in [0.15, 0.2) is 71.8 Å². The van der Waals surface area contributed by atoms with Gasteiger partial charge in [-0.3, -0.25) is 5.43 Å². The second-order valence-electron chi connectivity index (χ2n) is 6.32. The lowest BCUT2D eigenvalue weighted by Crippen LogP contribution is -1.96. The highest BCUT2D eigenvalue weighted by Gasteiger charge is 2.15. The average molecular weight is 429 g/mol. The molecule has 1 aromatic heterocycles. The second kappa shape index (κ2) is 7.88. The van der Waals surface area contributed by atoms with Crippen molar-refractivity contribution in [3.05, 3.63) is 87.4 Å². The number of anilines is 1. The van der Waals surface area contributed by atoms with Crippen LogP contribution in [0, 0.1) is 0 Å². The lowest BCUT2D eigenvalue weighted by molar-refractivity contribution is 0.977. The van der Waals surface area contributed by atoms with Gasteiger partial charge in [0.05, 0.1) is 27.6 Å². The number of nitrogens with one attached hydrogen (secondary N) is 1. The number of aryl methyl sites for hydroxylation is 1. The van der Waals surface area contributed by atoms with Gasteiger partial charge in [-0.1, -0.05) is 83.3 Å². The summed E-state index contributed by atoms with van der Waals surface area (Å²) in [4.78, 5) is 0. The summed E-state index contributed by atoms with van der Waals surface area (Å²) in [6.45, 7) is 0. The number of para-hydroxylation sites is 1. The normalized spacial score (nSPS) is 11.4. The molecule has 4 aromatic rings. The highest BCUT2D eigenvalue weighted by molar-refractivity contribution is 6.41. The molecule has 1 N–H and O–H groups in total. The SMILES string of the molecule is Cn1c(-c2ccccc2)c(C=NNc2c(Cl)cc(Cl)cc2Cl)c2ccccc21. The molecular weight excluding hydrogens is 413 g/mol. The fourth-order valence-corrected chi connectivity index (χ4v) is 4.21. The van der Waals surface area contributed by atoms with Crippen molar-refractivity contribution in [2.24, 2.45) is 12.1 Å². The zero-order valence-electron chi connectivity index (χ0n) is 15.0. The number of halogens is 3. The molecule has 0 amide bonds. The third-order valence-corrected chi connectivity index (χ3v) is 5.38. The van der Waals surface area contributed by atoms with Gasteiger partial charge in [-0.2, -0.15) is 5.10 Å². The minimum atomic E-state index is 0.413. The summed E-state index contributed by atoms with van der Waals surface area (Å²) >= 11 is 18.4. The van der Waals surface area contributed by atoms with Crippen molar-refractivity contribution >= 4 is 57.6 Å². The minimum Gasteiger partial charge on any atom is -0.343 e. The number of hydrogen-bond acceptors (Lipinski definition) is 2. The second-order valence-corrected chi connectivity index (χ2v) is 7.57. The molecule has 0 fully saturated rings. The molecule has 1 heterocycles. The van der Waals surface area contributed by atoms with Crippen molar-refractivity contribution in [2.75, 3.05) is 5.43 Å². The van der Waals surface area contributed by atoms with E-state index < -0.39 is 0 Å². The van der Waals surface area contributed by atoms with Crippen molar-refractivity contribution < 1.29 is 0 Å². The predicted octanol–water partition coefficient (Wildman–Crippen LogP) is 7.25. The monoisotopic (exact) mass is 427 g/mol. The molecule has 3 aromatic carbocycles. The van der Waals surface area contributed by atoms with E-state index in [-0.39, 0.29) is 0 Å². The van der Waals surface area contributed by atoms with Gasteiger partial charge in [0.15, 0.2) is 0 Å². The Balaban J connectivity index is 1.80. The van der Waals surface area contributed by atoms with E-state index in [0.29, 0.717) is 20.8 Å². The number of nitrogens with zero attached hydrogens (tertiary/aromatic N) is 2. The molecule has 4 rings (SSSR count). The summed E-state index contributed by atoms with van der Waals surface area (Å²) in [7, 11) is 2.06. The Morgan fingerprint density at radius 1 is 0.893 bits per heavy atom. The summed E-state index contributed by atoms with van der Waals surface area (Å²) in [6.07, 6.45) is 1.80. The Morgan fingerprint density at radius 3 is 2.25 bits per heavy atom. The standard InChI is InChI=1S/C22H16Cl3N3/c1-28-20-10-6-5-9-16(20)17(22(28)14-7-3-2-4-8-14)13-26-27-21-18(24)11-15(23)12-19(21)25/h2-13,27H,1H3. The molecule has 0 saturated heterocycles. The molecule has 3 nitrogen and oxygen atoms in total. The third-order valence-electron chi connectivity index (χ3n) is 4.57. The van der Waals surface area contributed by atoms with Gasteiger partial charge in [0.2, 0.25) is 0 Å². The largest absolute Gasteiger partial charge is 0.343 e. The minimum absolute atomic E-state index is 0.413. The molecule has 6 heteroatoms. The van der Waals surface area contributed by atoms with Crippen LogP contribution >= 0.6 is 34.8 Å². The maximum Gasteiger partial charge on any atom is 0.0935 e. The highest BCUT2D eigenvalue weighted by Crippen LogP contribution is 2.34. The molecule has 0 radical (unpaired) electrons. The van der Waals surface area contributed by atoms with E-state index in [1.807, 2.05) is 30.3 Å². The van der Waals surface area contributed by atoms with E-state index in [1.165, 1.54) is 0 Å². The Morgan fingerprint density at radius 2 is 1.54 bits per heavy atom. The van der Waals surface area contributed by atoms with Crippen LogP contribution in [0.1, 0.15) is 5.56 Å². The first-order valence-electron chi connectivity index (χ1n) is 8.62. The first-order valence-corrected chi connectivity index (χ1v) is 9.76. The zero-order chi connectivity index (χ0) is 19.7. The van der Waals surface area contributed by atoms with Gasteiger partial charge in [0.1, 0.15) is 0 Å². The van der Waals surface area contributed by atoms with Gasteiger partial charge < -0.3 is 4.57 Å². The fourth-order valence-electron chi connectivity index (χ4n) is 3.31. The molecule has 0 aliphatic rings. The van der Waals surface area contributed by atoms with Crippen molar-refractivity contribution in [2.45, 2.75) is 0 Å². The molecule has 28 heavy (non-hydrogen) atoms. The molecule has 0 spiro atoms. The van der Waals surface area contributed by atoms with E-state index in [0.717, 1.165) is 27.7 Å². The molecule has 140 valence electrons. The van der Waals surface area contributed by atoms with E-state index in [9.17, 15) is 0 Å². The smallest absolute Gasteiger partial charge is 0.0935 e. The highest BCUT2D eigenvalue weighted by atomic mass is 35.5. The van der Waals surface area contributed by atoms with Gasteiger partial charge in [-0.05, 0) is 23.8 Å².